The van der Waals surface area contributed by atoms with E-state index in [0.29, 0.717) is 13.0 Å². The second-order valence-corrected chi connectivity index (χ2v) is 3.77. The summed E-state index contributed by atoms with van der Waals surface area (Å²) in [7, 11) is 0. The molecule has 0 atom stereocenters. The molecule has 2 N–H and O–H groups in total. The van der Waals surface area contributed by atoms with E-state index >= 15 is 0 Å². The molecular weight excluding hydrogens is 180 g/mol. The molecule has 1 heterocycles. The van der Waals surface area contributed by atoms with Crippen molar-refractivity contribution in [3.8, 4) is 0 Å². The van der Waals surface area contributed by atoms with Gasteiger partial charge in [-0.05, 0) is 32.9 Å². The van der Waals surface area contributed by atoms with Crippen LogP contribution in [0.15, 0.2) is 0 Å². The first-order valence-electron chi connectivity index (χ1n) is 5.18. The number of carbonyl (C=O) groups is 2. The van der Waals surface area contributed by atoms with Crippen molar-refractivity contribution >= 4 is 11.7 Å². The summed E-state index contributed by atoms with van der Waals surface area (Å²) < 4.78 is 0. The smallest absolute Gasteiger partial charge is 0.223 e. The van der Waals surface area contributed by atoms with Crippen LogP contribution in [0.5, 0.6) is 0 Å². The minimum atomic E-state index is 0.104. The summed E-state index contributed by atoms with van der Waals surface area (Å²) in [5, 5.41) is 6.01. The Morgan fingerprint density at radius 2 is 2.00 bits per heavy atom. The monoisotopic (exact) mass is 198 g/mol. The van der Waals surface area contributed by atoms with Gasteiger partial charge >= 0.3 is 0 Å². The number of piperidine rings is 1. The fourth-order valence-electron chi connectivity index (χ4n) is 1.59. The molecule has 0 saturated carbocycles. The van der Waals surface area contributed by atoms with Crippen LogP contribution in [0.4, 0.5) is 0 Å². The summed E-state index contributed by atoms with van der Waals surface area (Å²) in [6.07, 6.45) is 2.26. The lowest BCUT2D eigenvalue weighted by Crippen LogP contribution is -2.38. The highest BCUT2D eigenvalue weighted by molar-refractivity contribution is 5.80. The Morgan fingerprint density at radius 1 is 1.36 bits per heavy atom. The molecule has 80 valence electrons. The Kier molecular flexibility index (Phi) is 4.59. The predicted octanol–water partition coefficient (Wildman–Crippen LogP) is 0.0813. The Hall–Kier alpha value is -0.900. The first-order valence-corrected chi connectivity index (χ1v) is 5.18. The molecule has 0 aromatic carbocycles. The van der Waals surface area contributed by atoms with E-state index in [1.807, 2.05) is 0 Å². The number of Topliss-reactive ketones (excluding diaryl/α,β-unsaturated/α-hetero) is 1. The average molecular weight is 198 g/mol. The lowest BCUT2D eigenvalue weighted by Gasteiger charge is -2.21. The van der Waals surface area contributed by atoms with Gasteiger partial charge in [0.25, 0.3) is 0 Å². The normalized spacial score (nSPS) is 17.8. The summed E-state index contributed by atoms with van der Waals surface area (Å²) >= 11 is 0. The maximum Gasteiger partial charge on any atom is 0.223 e. The molecular formula is C10H18N2O2. The molecule has 0 aromatic rings. The zero-order chi connectivity index (χ0) is 10.4. The Bertz CT molecular complexity index is 210. The van der Waals surface area contributed by atoms with E-state index < -0.39 is 0 Å². The molecule has 14 heavy (non-hydrogen) atoms. The molecule has 1 amide bonds. The van der Waals surface area contributed by atoms with Gasteiger partial charge in [0.2, 0.25) is 5.91 Å². The summed E-state index contributed by atoms with van der Waals surface area (Å²) in [6.45, 7) is 3.87. The lowest BCUT2D eigenvalue weighted by molar-refractivity contribution is -0.125. The topological polar surface area (TPSA) is 58.2 Å². The summed E-state index contributed by atoms with van der Waals surface area (Å²) in [4.78, 5) is 22.2. The number of hydrogen-bond acceptors (Lipinski definition) is 3. The molecule has 0 spiro atoms. The third-order valence-corrected chi connectivity index (χ3v) is 2.49. The Balaban J connectivity index is 2.16. The Labute approximate surface area is 84.4 Å². The van der Waals surface area contributed by atoms with Crippen LogP contribution in [-0.2, 0) is 9.59 Å². The first kappa shape index (κ1) is 11.2. The van der Waals surface area contributed by atoms with Gasteiger partial charge in [-0.1, -0.05) is 0 Å². The molecule has 0 aromatic heterocycles. The van der Waals surface area contributed by atoms with Crippen molar-refractivity contribution in [3.63, 3.8) is 0 Å². The summed E-state index contributed by atoms with van der Waals surface area (Å²) in [6, 6.07) is 0. The summed E-state index contributed by atoms with van der Waals surface area (Å²) in [5.41, 5.74) is 0. The van der Waals surface area contributed by atoms with Gasteiger partial charge in [-0.2, -0.15) is 0 Å². The second kappa shape index (κ2) is 5.75. The number of ketones is 1. The number of hydrogen-bond donors (Lipinski definition) is 2. The van der Waals surface area contributed by atoms with E-state index in [0.717, 1.165) is 25.9 Å². The quantitative estimate of drug-likeness (QED) is 0.672. The van der Waals surface area contributed by atoms with Crippen LogP contribution in [0.2, 0.25) is 0 Å². The molecule has 1 aliphatic rings. The zero-order valence-electron chi connectivity index (χ0n) is 8.64. The highest BCUT2D eigenvalue weighted by atomic mass is 16.2. The minimum Gasteiger partial charge on any atom is -0.355 e. The molecule has 4 heteroatoms. The summed E-state index contributed by atoms with van der Waals surface area (Å²) in [5.74, 6) is 0.367. The van der Waals surface area contributed by atoms with Crippen LogP contribution in [0, 0.1) is 5.92 Å². The van der Waals surface area contributed by atoms with Gasteiger partial charge in [-0.15, -0.1) is 0 Å². The molecule has 4 nitrogen and oxygen atoms in total. The maximum absolute atomic E-state index is 11.5. The third kappa shape index (κ3) is 3.87. The van der Waals surface area contributed by atoms with Crippen LogP contribution >= 0.6 is 0 Å². The number of carbonyl (C=O) groups excluding carboxylic acids is 2. The Morgan fingerprint density at radius 3 is 2.57 bits per heavy atom. The first-order chi connectivity index (χ1) is 6.70. The molecule has 0 radical (unpaired) electrons. The van der Waals surface area contributed by atoms with Gasteiger partial charge in [0.05, 0.1) is 0 Å². The minimum absolute atomic E-state index is 0.104. The van der Waals surface area contributed by atoms with Gasteiger partial charge in [0, 0.05) is 18.9 Å². The van der Waals surface area contributed by atoms with Gasteiger partial charge < -0.3 is 10.6 Å². The van der Waals surface area contributed by atoms with E-state index in [1.54, 1.807) is 0 Å². The van der Waals surface area contributed by atoms with Crippen LogP contribution in [-0.4, -0.2) is 31.3 Å². The highest BCUT2D eigenvalue weighted by Gasteiger charge is 2.20. The van der Waals surface area contributed by atoms with Crippen molar-refractivity contribution in [2.45, 2.75) is 26.2 Å². The van der Waals surface area contributed by atoms with Gasteiger partial charge in [0.1, 0.15) is 5.78 Å². The van der Waals surface area contributed by atoms with Crippen LogP contribution < -0.4 is 10.6 Å². The fraction of sp³-hybridized carbons (Fsp3) is 0.800. The molecule has 1 rings (SSSR count). The highest BCUT2D eigenvalue weighted by Crippen LogP contribution is 2.10. The van der Waals surface area contributed by atoms with E-state index in [4.69, 9.17) is 0 Å². The average Bonchev–Trinajstić information content (AvgIpc) is 2.18. The van der Waals surface area contributed by atoms with Crippen molar-refractivity contribution in [1.29, 1.82) is 0 Å². The second-order valence-electron chi connectivity index (χ2n) is 3.77. The third-order valence-electron chi connectivity index (χ3n) is 2.49. The molecule has 1 saturated heterocycles. The van der Waals surface area contributed by atoms with Crippen molar-refractivity contribution < 1.29 is 9.59 Å². The molecule has 0 bridgehead atoms. The number of amides is 1. The molecule has 1 fully saturated rings. The zero-order valence-corrected chi connectivity index (χ0v) is 8.64. The maximum atomic E-state index is 11.5. The fourth-order valence-corrected chi connectivity index (χ4v) is 1.59. The predicted molar refractivity (Wildman–Crippen MR) is 53.9 cm³/mol. The van der Waals surface area contributed by atoms with E-state index in [1.165, 1.54) is 6.92 Å². The van der Waals surface area contributed by atoms with E-state index in [9.17, 15) is 9.59 Å². The van der Waals surface area contributed by atoms with Gasteiger partial charge in [-0.25, -0.2) is 0 Å². The van der Waals surface area contributed by atoms with Crippen molar-refractivity contribution in [1.82, 2.24) is 10.6 Å². The van der Waals surface area contributed by atoms with Crippen molar-refractivity contribution in [2.75, 3.05) is 19.6 Å². The van der Waals surface area contributed by atoms with Gasteiger partial charge in [0.15, 0.2) is 0 Å². The number of rotatable bonds is 4. The van der Waals surface area contributed by atoms with Crippen LogP contribution in [0.3, 0.4) is 0 Å². The van der Waals surface area contributed by atoms with Crippen molar-refractivity contribution in [2.24, 2.45) is 5.92 Å². The SMILES string of the molecule is CC(=O)CCNC(=O)C1CCNCC1. The van der Waals surface area contributed by atoms with Crippen molar-refractivity contribution in [3.05, 3.63) is 0 Å². The molecule has 0 unspecified atom stereocenters. The standard InChI is InChI=1S/C10H18N2O2/c1-8(13)2-7-12-10(14)9-3-5-11-6-4-9/h9,11H,2-7H2,1H3,(H,12,14). The van der Waals surface area contributed by atoms with E-state index in [-0.39, 0.29) is 17.6 Å². The van der Waals surface area contributed by atoms with E-state index in [2.05, 4.69) is 10.6 Å². The van der Waals surface area contributed by atoms with Gasteiger partial charge in [-0.3, -0.25) is 9.59 Å². The lowest BCUT2D eigenvalue weighted by atomic mass is 9.97. The molecule has 0 aliphatic carbocycles. The van der Waals surface area contributed by atoms with Crippen LogP contribution in [0.25, 0.3) is 0 Å². The largest absolute Gasteiger partial charge is 0.355 e. The van der Waals surface area contributed by atoms with Crippen LogP contribution in [0.1, 0.15) is 26.2 Å². The molecule has 1 aliphatic heterocycles. The number of nitrogens with one attached hydrogen (secondary N) is 2.